The van der Waals surface area contributed by atoms with Crippen molar-refractivity contribution < 1.29 is 9.18 Å². The molecule has 1 aromatic heterocycles. The fourth-order valence-corrected chi connectivity index (χ4v) is 5.77. The maximum absolute atomic E-state index is 13.1. The fraction of sp³-hybridized carbons (Fsp3) is 0.579. The van der Waals surface area contributed by atoms with E-state index in [9.17, 15) is 9.18 Å². The number of hydrogen-bond donors (Lipinski definition) is 0. The number of carbonyl (C=O) groups is 1. The molecule has 0 amide bonds. The van der Waals surface area contributed by atoms with Crippen LogP contribution in [0.15, 0.2) is 24.3 Å². The molecule has 1 aromatic carbocycles. The average Bonchev–Trinajstić information content (AvgIpc) is 3.03. The van der Waals surface area contributed by atoms with Crippen molar-refractivity contribution in [3.8, 4) is 11.4 Å². The monoisotopic (exact) mass is 340 g/mol. The van der Waals surface area contributed by atoms with Gasteiger partial charge in [-0.15, -0.1) is 10.2 Å². The molecule has 0 spiro atoms. The third kappa shape index (κ3) is 2.58. The lowest BCUT2D eigenvalue weighted by atomic mass is 9.48. The lowest BCUT2D eigenvalue weighted by Crippen LogP contribution is -2.50. The van der Waals surface area contributed by atoms with Crippen molar-refractivity contribution in [3.05, 3.63) is 30.1 Å². The molecular weight excluding hydrogens is 319 g/mol. The minimum atomic E-state index is -0.298. The summed E-state index contributed by atoms with van der Waals surface area (Å²) in [5.41, 5.74) is 0.563. The number of nitrogens with zero attached hydrogens (tertiary/aromatic N) is 4. The predicted octanol–water partition coefficient (Wildman–Crippen LogP) is 3.26. The first-order valence-corrected chi connectivity index (χ1v) is 9.17. The molecule has 0 saturated heterocycles. The molecule has 25 heavy (non-hydrogen) atoms. The smallest absolute Gasteiger partial charge is 0.204 e. The van der Waals surface area contributed by atoms with Crippen molar-refractivity contribution in [3.63, 3.8) is 0 Å². The third-order valence-corrected chi connectivity index (χ3v) is 6.47. The summed E-state index contributed by atoms with van der Waals surface area (Å²) < 4.78 is 13.0. The summed E-state index contributed by atoms with van der Waals surface area (Å²) in [6.45, 7) is 0.195. The topological polar surface area (TPSA) is 60.7 Å². The van der Waals surface area contributed by atoms with Crippen LogP contribution in [0.3, 0.4) is 0 Å². The molecule has 4 bridgehead atoms. The van der Waals surface area contributed by atoms with Crippen LogP contribution in [0, 0.1) is 29.0 Å². The minimum absolute atomic E-state index is 0.140. The Bertz CT molecular complexity index is 778. The van der Waals surface area contributed by atoms with E-state index < -0.39 is 0 Å². The van der Waals surface area contributed by atoms with Gasteiger partial charge < -0.3 is 0 Å². The lowest BCUT2D eigenvalue weighted by molar-refractivity contribution is -0.145. The standard InChI is InChI=1S/C19H21FN4O/c20-16-3-1-15(2-4-16)18-21-23-24(22-18)11-17(25)19-8-12-5-13(9-19)7-14(6-12)10-19/h1-4,12-14H,5-11H2. The highest BCUT2D eigenvalue weighted by molar-refractivity contribution is 5.85. The van der Waals surface area contributed by atoms with Crippen LogP contribution < -0.4 is 0 Å². The Balaban J connectivity index is 1.34. The normalized spacial score (nSPS) is 32.9. The Kier molecular flexibility index (Phi) is 3.30. The van der Waals surface area contributed by atoms with Gasteiger partial charge in [0, 0.05) is 11.0 Å². The molecule has 0 N–H and O–H groups in total. The Labute approximate surface area is 145 Å². The first-order chi connectivity index (χ1) is 12.1. The summed E-state index contributed by atoms with van der Waals surface area (Å²) in [7, 11) is 0. The van der Waals surface area contributed by atoms with Crippen LogP contribution in [-0.4, -0.2) is 26.0 Å². The van der Waals surface area contributed by atoms with Crippen LogP contribution in [-0.2, 0) is 11.3 Å². The van der Waals surface area contributed by atoms with E-state index in [-0.39, 0.29) is 23.6 Å². The highest BCUT2D eigenvalue weighted by Gasteiger charge is 2.54. The van der Waals surface area contributed by atoms with E-state index in [0.717, 1.165) is 37.0 Å². The van der Waals surface area contributed by atoms with Gasteiger partial charge in [-0.25, -0.2) is 4.39 Å². The maximum atomic E-state index is 13.1. The van der Waals surface area contributed by atoms with Gasteiger partial charge in [0.2, 0.25) is 5.82 Å². The Hall–Kier alpha value is -2.11. The number of halogens is 1. The molecule has 4 aliphatic rings. The van der Waals surface area contributed by atoms with Gasteiger partial charge >= 0.3 is 0 Å². The van der Waals surface area contributed by atoms with Crippen LogP contribution in [0.4, 0.5) is 4.39 Å². The fourth-order valence-electron chi connectivity index (χ4n) is 5.77. The van der Waals surface area contributed by atoms with E-state index in [0.29, 0.717) is 11.4 Å². The Morgan fingerprint density at radius 3 is 2.28 bits per heavy atom. The third-order valence-electron chi connectivity index (χ3n) is 6.47. The molecule has 0 unspecified atom stereocenters. The minimum Gasteiger partial charge on any atom is -0.297 e. The number of Topliss-reactive ketones (excluding diaryl/α,β-unsaturated/α-hetero) is 1. The van der Waals surface area contributed by atoms with Gasteiger partial charge in [0.15, 0.2) is 5.78 Å². The summed E-state index contributed by atoms with van der Waals surface area (Å²) in [5.74, 6) is 2.64. The second kappa shape index (κ2) is 5.44. The van der Waals surface area contributed by atoms with Crippen LogP contribution in [0.25, 0.3) is 11.4 Å². The van der Waals surface area contributed by atoms with Gasteiger partial charge in [0.05, 0.1) is 0 Å². The number of benzene rings is 1. The second-order valence-electron chi connectivity index (χ2n) is 8.27. The van der Waals surface area contributed by atoms with E-state index in [1.54, 1.807) is 12.1 Å². The van der Waals surface area contributed by atoms with Crippen molar-refractivity contribution >= 4 is 5.78 Å². The van der Waals surface area contributed by atoms with E-state index >= 15 is 0 Å². The molecule has 2 aromatic rings. The lowest BCUT2D eigenvalue weighted by Gasteiger charge is -2.55. The molecule has 4 saturated carbocycles. The number of hydrogen-bond acceptors (Lipinski definition) is 4. The van der Waals surface area contributed by atoms with E-state index in [4.69, 9.17) is 0 Å². The quantitative estimate of drug-likeness (QED) is 0.857. The molecular formula is C19H21FN4O. The highest BCUT2D eigenvalue weighted by Crippen LogP contribution is 2.60. The number of tetrazole rings is 1. The SMILES string of the molecule is O=C(Cn1nnc(-c2ccc(F)cc2)n1)C12CC3CC(CC(C3)C1)C2. The molecule has 0 aliphatic heterocycles. The van der Waals surface area contributed by atoms with Gasteiger partial charge in [0.1, 0.15) is 12.4 Å². The van der Waals surface area contributed by atoms with Crippen molar-refractivity contribution in [2.45, 2.75) is 45.1 Å². The van der Waals surface area contributed by atoms with Gasteiger partial charge in [0.25, 0.3) is 0 Å². The van der Waals surface area contributed by atoms with Gasteiger partial charge in [-0.1, -0.05) is 0 Å². The molecule has 0 radical (unpaired) electrons. The van der Waals surface area contributed by atoms with Crippen molar-refractivity contribution in [2.75, 3.05) is 0 Å². The largest absolute Gasteiger partial charge is 0.297 e. The summed E-state index contributed by atoms with van der Waals surface area (Å²) in [6.07, 6.45) is 7.13. The molecule has 4 fully saturated rings. The number of ketones is 1. The van der Waals surface area contributed by atoms with Crippen LogP contribution in [0.1, 0.15) is 38.5 Å². The maximum Gasteiger partial charge on any atom is 0.204 e. The van der Waals surface area contributed by atoms with Gasteiger partial charge in [-0.2, -0.15) is 4.80 Å². The van der Waals surface area contributed by atoms with Crippen molar-refractivity contribution in [2.24, 2.45) is 23.2 Å². The molecule has 6 rings (SSSR count). The average molecular weight is 340 g/mol. The summed E-state index contributed by atoms with van der Waals surface area (Å²) in [4.78, 5) is 14.5. The Morgan fingerprint density at radius 2 is 1.68 bits per heavy atom. The Morgan fingerprint density at radius 1 is 1.08 bits per heavy atom. The summed E-state index contributed by atoms with van der Waals surface area (Å²) >= 11 is 0. The molecule has 4 aliphatic carbocycles. The molecule has 5 nitrogen and oxygen atoms in total. The van der Waals surface area contributed by atoms with Crippen LogP contribution in [0.5, 0.6) is 0 Å². The zero-order chi connectivity index (χ0) is 17.0. The first kappa shape index (κ1) is 15.2. The van der Waals surface area contributed by atoms with E-state index in [2.05, 4.69) is 15.4 Å². The van der Waals surface area contributed by atoms with Crippen LogP contribution >= 0.6 is 0 Å². The first-order valence-electron chi connectivity index (χ1n) is 9.17. The molecule has 1 heterocycles. The van der Waals surface area contributed by atoms with Crippen LogP contribution in [0.2, 0.25) is 0 Å². The summed E-state index contributed by atoms with van der Waals surface area (Å²) in [5, 5.41) is 12.4. The number of aromatic nitrogens is 4. The van der Waals surface area contributed by atoms with Crippen molar-refractivity contribution in [1.29, 1.82) is 0 Å². The van der Waals surface area contributed by atoms with Gasteiger partial charge in [-0.3, -0.25) is 4.79 Å². The number of rotatable bonds is 4. The van der Waals surface area contributed by atoms with Crippen molar-refractivity contribution in [1.82, 2.24) is 20.2 Å². The predicted molar refractivity (Wildman–Crippen MR) is 88.8 cm³/mol. The number of carbonyl (C=O) groups excluding carboxylic acids is 1. The zero-order valence-corrected chi connectivity index (χ0v) is 14.1. The van der Waals surface area contributed by atoms with Gasteiger partial charge in [-0.05, 0) is 85.8 Å². The van der Waals surface area contributed by atoms with E-state index in [1.165, 1.54) is 36.2 Å². The molecule has 130 valence electrons. The molecule has 6 heteroatoms. The summed E-state index contributed by atoms with van der Waals surface area (Å²) in [6, 6.07) is 5.99. The second-order valence-corrected chi connectivity index (χ2v) is 8.27. The highest BCUT2D eigenvalue weighted by atomic mass is 19.1. The van der Waals surface area contributed by atoms with E-state index in [1.807, 2.05) is 0 Å². The molecule has 0 atom stereocenters. The zero-order valence-electron chi connectivity index (χ0n) is 14.1.